The van der Waals surface area contributed by atoms with Gasteiger partial charge in [-0.25, -0.2) is 0 Å². The summed E-state index contributed by atoms with van der Waals surface area (Å²) in [6, 6.07) is 53.5. The lowest BCUT2D eigenvalue weighted by Crippen LogP contribution is -2.07. The molecule has 6 aromatic heterocycles. The smallest absolute Gasteiger partial charge is 0.542 e. The number of rotatable bonds is 5. The lowest BCUT2D eigenvalue weighted by Gasteiger charge is -2.29. The molecule has 0 unspecified atom stereocenters. The standard InChI is InChI=1S/C32H31O8.C13H10O.3C10H8N2.2H2O/c1-13-17-5-19(27(35)9-25(17)33)14(2)21-7-23(31(39)11-29(21)37)16(4)24-8-22(30(38)12-32(24)40)15(3)20-6-18(13)26(34)10-28(20)36;14-13(11-7-3-1-4-8-11)12-9-5-2-6-10-12;3*1-5-11-6-2-9(1)10-3-7-12-8-4-10;;/h5-15,33-40H,1-4H3;1-10H;3*1-8H;2*1H2/q-1;;;;;;/p+1/t14-,15-;;;;;;/m1....../s1. The van der Waals surface area contributed by atoms with Crippen molar-refractivity contribution in [3.63, 3.8) is 0 Å². The van der Waals surface area contributed by atoms with Crippen LogP contribution in [0.5, 0.6) is 46.0 Å². The molecule has 6 aromatic carbocycles. The van der Waals surface area contributed by atoms with Crippen LogP contribution in [0.2, 0.25) is 0 Å². The number of carbonyl (C=O) groups excluding carboxylic acids is 1. The van der Waals surface area contributed by atoms with Crippen molar-refractivity contribution in [1.29, 1.82) is 0 Å². The monoisotopic (exact) mass is 1230 g/mol. The van der Waals surface area contributed by atoms with E-state index < -0.39 is 17.8 Å². The second-order valence-electron chi connectivity index (χ2n) is 21.1. The third kappa shape index (κ3) is 16.4. The molecule has 1 aliphatic rings. The molecule has 92 heavy (non-hydrogen) atoms. The maximum Gasteiger partial charge on any atom is 1.00 e. The molecule has 6 heterocycles. The van der Waals surface area contributed by atoms with Crippen LogP contribution >= 0.6 is 0 Å². The van der Waals surface area contributed by atoms with E-state index in [0.29, 0.717) is 50.4 Å². The van der Waals surface area contributed by atoms with Crippen LogP contribution in [0, 0.1) is 5.92 Å². The zero-order valence-corrected chi connectivity index (χ0v) is 50.7. The van der Waals surface area contributed by atoms with Gasteiger partial charge in [-0.15, -0.1) is 18.1 Å². The fourth-order valence-electron chi connectivity index (χ4n) is 10.4. The highest BCUT2D eigenvalue weighted by atomic mass is 16.3. The molecule has 12 aromatic rings. The number of ketones is 1. The maximum atomic E-state index is 11.8. The molecule has 8 bridgehead atoms. The summed E-state index contributed by atoms with van der Waals surface area (Å²) in [6.07, 6.45) is 21.4. The summed E-state index contributed by atoms with van der Waals surface area (Å²) in [5.74, 6) is -3.02. The molecule has 2 atom stereocenters. The van der Waals surface area contributed by atoms with E-state index in [1.807, 2.05) is 133 Å². The first-order valence-electron chi connectivity index (χ1n) is 28.7. The number of aromatic hydroxyl groups is 8. The number of hydrogen-bond donors (Lipinski definition) is 8. The fourth-order valence-corrected chi connectivity index (χ4v) is 10.4. The van der Waals surface area contributed by atoms with Gasteiger partial charge in [0.1, 0.15) is 34.5 Å². The van der Waals surface area contributed by atoms with Crippen molar-refractivity contribution < 1.29 is 58.0 Å². The number of phenolic OH excluding ortho intramolecular Hbond substituents is 8. The van der Waals surface area contributed by atoms with Crippen LogP contribution < -0.4 is 0 Å². The summed E-state index contributed by atoms with van der Waals surface area (Å²) in [7, 11) is 0. The van der Waals surface area contributed by atoms with E-state index in [9.17, 15) is 45.6 Å². The summed E-state index contributed by atoms with van der Waals surface area (Å²) >= 11 is 0. The Morgan fingerprint density at radius 2 is 0.500 bits per heavy atom. The van der Waals surface area contributed by atoms with Crippen molar-refractivity contribution in [2.75, 3.05) is 0 Å². The van der Waals surface area contributed by atoms with Crippen molar-refractivity contribution in [3.8, 4) is 79.4 Å². The Morgan fingerprint density at radius 3 is 0.717 bits per heavy atom. The van der Waals surface area contributed by atoms with E-state index in [4.69, 9.17) is 0 Å². The van der Waals surface area contributed by atoms with Crippen molar-refractivity contribution in [3.05, 3.63) is 318 Å². The molecule has 13 rings (SSSR count). The van der Waals surface area contributed by atoms with Crippen LogP contribution in [-0.2, 0) is 0 Å². The van der Waals surface area contributed by atoms with Gasteiger partial charge >= 0.3 is 1.43 Å². The quantitative estimate of drug-likeness (QED) is 0.0586. The summed E-state index contributed by atoms with van der Waals surface area (Å²) in [4.78, 5) is 35.6. The van der Waals surface area contributed by atoms with Gasteiger partial charge in [-0.3, -0.25) is 34.7 Å². The molecule has 0 spiro atoms. The van der Waals surface area contributed by atoms with Crippen LogP contribution in [-0.4, -0.2) is 87.5 Å². The Labute approximate surface area is 534 Å². The van der Waals surface area contributed by atoms with Gasteiger partial charge in [0.15, 0.2) is 5.78 Å². The van der Waals surface area contributed by atoms with Gasteiger partial charge in [-0.2, -0.15) is 0 Å². The number of pyridine rings is 6. The van der Waals surface area contributed by atoms with Crippen molar-refractivity contribution in [2.24, 2.45) is 0 Å². The largest absolute Gasteiger partial charge is 1.00 e. The Hall–Kier alpha value is -11.9. The second-order valence-corrected chi connectivity index (χ2v) is 21.1. The third-order valence-corrected chi connectivity index (χ3v) is 15.4. The van der Waals surface area contributed by atoms with Gasteiger partial charge in [-0.1, -0.05) is 99.5 Å². The van der Waals surface area contributed by atoms with Crippen LogP contribution in [0.15, 0.2) is 256 Å². The first kappa shape index (κ1) is 67.6. The molecule has 0 saturated heterocycles. The molecule has 17 heteroatoms. The Morgan fingerprint density at radius 1 is 0.304 bits per heavy atom. The molecule has 0 radical (unpaired) electrons. The van der Waals surface area contributed by atoms with Crippen LogP contribution in [0.25, 0.3) is 33.4 Å². The number of nitrogens with zero attached hydrogens (tertiary/aromatic N) is 6. The molecule has 12 N–H and O–H groups in total. The lowest BCUT2D eigenvalue weighted by atomic mass is 9.81. The Balaban J connectivity index is 0.000000210. The van der Waals surface area contributed by atoms with Gasteiger partial charge in [-0.05, 0) is 142 Å². The number of phenols is 8. The molecule has 1 aliphatic carbocycles. The Bertz CT molecular complexity index is 3630. The van der Waals surface area contributed by atoms with E-state index in [0.717, 1.165) is 11.1 Å². The van der Waals surface area contributed by atoms with Gasteiger partial charge in [0, 0.05) is 138 Å². The zero-order valence-electron chi connectivity index (χ0n) is 51.7. The van der Waals surface area contributed by atoms with Gasteiger partial charge < -0.3 is 51.8 Å². The van der Waals surface area contributed by atoms with Crippen LogP contribution in [0.4, 0.5) is 0 Å². The first-order chi connectivity index (χ1) is 43.6. The lowest BCUT2D eigenvalue weighted by molar-refractivity contribution is 0.103. The molecule has 0 fully saturated rings. The second kappa shape index (κ2) is 31.8. The van der Waals surface area contributed by atoms with Crippen molar-refractivity contribution in [1.82, 2.24) is 29.9 Å². The van der Waals surface area contributed by atoms with Gasteiger partial charge in [0.2, 0.25) is 0 Å². The zero-order chi connectivity index (χ0) is 63.7. The highest BCUT2D eigenvalue weighted by Crippen LogP contribution is 2.49. The predicted molar refractivity (Wildman–Crippen MR) is 356 cm³/mol. The highest BCUT2D eigenvalue weighted by molar-refractivity contribution is 6.08. The highest BCUT2D eigenvalue weighted by Gasteiger charge is 2.27. The molecular weight excluding hydrogens is 1160 g/mol. The average Bonchev–Trinajstić information content (AvgIpc) is 0.833. The summed E-state index contributed by atoms with van der Waals surface area (Å²) in [5.41, 5.74) is 11.4. The third-order valence-electron chi connectivity index (χ3n) is 15.4. The first-order valence-corrected chi connectivity index (χ1v) is 28.7. The minimum atomic E-state index is -0.612. The SMILES string of the molecule is C[C-]1c2cc(c(O)cc2O)[C@H](C)c2cc(c(O)cc2O)C(C)c2cc(c(O)cc2O)[C@@H](C)c2cc1c(O)cc2O.O.O.O=C(c1ccccc1)c1ccccc1.[H+].c1cc(-c2ccncc2)ccn1.c1cc(-c2ccncc2)ccn1.c1cc(-c2ccncc2)ccn1. The summed E-state index contributed by atoms with van der Waals surface area (Å²) in [6.45, 7) is 6.94. The van der Waals surface area contributed by atoms with Crippen LogP contribution in [0.1, 0.15) is 107 Å². The molecule has 17 nitrogen and oxygen atoms in total. The van der Waals surface area contributed by atoms with Gasteiger partial charge in [0.25, 0.3) is 0 Å². The molecule has 466 valence electrons. The topological polar surface area (TPSA) is 319 Å². The summed E-state index contributed by atoms with van der Waals surface area (Å²) < 4.78 is 0. The van der Waals surface area contributed by atoms with E-state index in [1.54, 1.807) is 126 Å². The minimum Gasteiger partial charge on any atom is -0.542 e. The average molecular weight is 1230 g/mol. The van der Waals surface area contributed by atoms with E-state index >= 15 is 0 Å². The van der Waals surface area contributed by atoms with Crippen molar-refractivity contribution >= 4 is 5.78 Å². The normalized spacial score (nSPS) is 12.7. The molecule has 0 aliphatic heterocycles. The van der Waals surface area contributed by atoms with E-state index in [1.165, 1.54) is 57.6 Å². The fraction of sp³-hybridized carbons (Fsp3) is 0.0933. The van der Waals surface area contributed by atoms with E-state index in [2.05, 4.69) is 29.9 Å². The molecule has 0 saturated carbocycles. The number of aromatic nitrogens is 6. The number of fused-ring (bicyclic) bond motifs is 8. The minimum absolute atomic E-state index is 0. The number of hydrogen-bond acceptors (Lipinski definition) is 15. The van der Waals surface area contributed by atoms with E-state index in [-0.39, 0.29) is 64.2 Å². The number of benzene rings is 6. The summed E-state index contributed by atoms with van der Waals surface area (Å²) in [5, 5.41) is 86.4. The molecule has 0 amide bonds. The van der Waals surface area contributed by atoms with Crippen molar-refractivity contribution in [2.45, 2.75) is 45.4 Å². The Kier molecular flexibility index (Phi) is 23.4. The molecular formula is C75H70N6O11. The predicted octanol–water partition coefficient (Wildman–Crippen LogP) is 13.9. The van der Waals surface area contributed by atoms with Gasteiger partial charge in [0.05, 0.1) is 11.5 Å². The number of carbonyl (C=O) groups is 1. The maximum absolute atomic E-state index is 11.8. The van der Waals surface area contributed by atoms with Crippen LogP contribution in [0.3, 0.4) is 0 Å².